The Bertz CT molecular complexity index is 1560. The van der Waals surface area contributed by atoms with Crippen LogP contribution in [0.3, 0.4) is 0 Å². The largest absolute Gasteiger partial charge is 0.416 e. The number of hydrogen-bond donors (Lipinski definition) is 0. The van der Waals surface area contributed by atoms with E-state index >= 15 is 0 Å². The van der Waals surface area contributed by atoms with Crippen LogP contribution in [0.25, 0.3) is 22.2 Å². The van der Waals surface area contributed by atoms with Crippen LogP contribution in [0, 0.1) is 6.92 Å². The number of carbonyl (C=O) groups excluding carboxylic acids is 1. The SMILES string of the molecule is Cc1ccc(-c2c(C3C4=C(CCCC4)C(=O)N3c3cccc(C(F)(F)F)c3)c3ccccc3n2C)cc1. The van der Waals surface area contributed by atoms with E-state index in [9.17, 15) is 18.0 Å². The first-order chi connectivity index (χ1) is 17.8. The highest BCUT2D eigenvalue weighted by atomic mass is 19.4. The van der Waals surface area contributed by atoms with Crippen molar-refractivity contribution >= 4 is 22.5 Å². The molecule has 6 rings (SSSR count). The maximum atomic E-state index is 13.9. The van der Waals surface area contributed by atoms with Gasteiger partial charge in [0.05, 0.1) is 17.3 Å². The normalized spacial score (nSPS) is 18.1. The van der Waals surface area contributed by atoms with E-state index < -0.39 is 17.8 Å². The van der Waals surface area contributed by atoms with Crippen LogP contribution in [0.1, 0.15) is 48.4 Å². The molecule has 2 aliphatic rings. The zero-order chi connectivity index (χ0) is 25.9. The van der Waals surface area contributed by atoms with Gasteiger partial charge in [-0.1, -0.05) is 54.1 Å². The highest BCUT2D eigenvalue weighted by Gasteiger charge is 2.44. The van der Waals surface area contributed by atoms with E-state index in [1.807, 2.05) is 26.1 Å². The fourth-order valence-corrected chi connectivity index (χ4v) is 6.05. The number of para-hydroxylation sites is 1. The lowest BCUT2D eigenvalue weighted by Gasteiger charge is -2.29. The standard InChI is InChI=1S/C31H27F3N2O/c1-19-14-16-20(17-15-19)28-27(25-12-5-6-13-26(25)35(28)2)29-23-10-3-4-11-24(23)30(37)36(29)22-9-7-8-21(18-22)31(32,33)34/h5-9,12-18,29H,3-4,10-11H2,1-2H3. The molecule has 1 aliphatic heterocycles. The molecule has 1 unspecified atom stereocenters. The van der Waals surface area contributed by atoms with E-state index in [2.05, 4.69) is 41.0 Å². The van der Waals surface area contributed by atoms with Crippen LogP contribution in [0.5, 0.6) is 0 Å². The van der Waals surface area contributed by atoms with Gasteiger partial charge in [0.25, 0.3) is 5.91 Å². The second kappa shape index (κ2) is 8.65. The summed E-state index contributed by atoms with van der Waals surface area (Å²) >= 11 is 0. The van der Waals surface area contributed by atoms with Gasteiger partial charge in [0.2, 0.25) is 0 Å². The van der Waals surface area contributed by atoms with Gasteiger partial charge in [0.1, 0.15) is 0 Å². The summed E-state index contributed by atoms with van der Waals surface area (Å²) in [6, 6.07) is 21.1. The first kappa shape index (κ1) is 23.6. The van der Waals surface area contributed by atoms with E-state index in [4.69, 9.17) is 0 Å². The minimum absolute atomic E-state index is 0.179. The first-order valence-electron chi connectivity index (χ1n) is 12.6. The van der Waals surface area contributed by atoms with Crippen molar-refractivity contribution in [3.63, 3.8) is 0 Å². The molecule has 0 N–H and O–H groups in total. The summed E-state index contributed by atoms with van der Waals surface area (Å²) in [5.74, 6) is -0.179. The Labute approximate surface area is 213 Å². The Hall–Kier alpha value is -3.80. The fourth-order valence-electron chi connectivity index (χ4n) is 6.05. The van der Waals surface area contributed by atoms with Gasteiger partial charge in [-0.15, -0.1) is 0 Å². The van der Waals surface area contributed by atoms with E-state index in [1.165, 1.54) is 6.07 Å². The molecule has 37 heavy (non-hydrogen) atoms. The third-order valence-corrected chi connectivity index (χ3v) is 7.77. The first-order valence-corrected chi connectivity index (χ1v) is 12.6. The highest BCUT2D eigenvalue weighted by molar-refractivity contribution is 6.11. The van der Waals surface area contributed by atoms with E-state index in [0.717, 1.165) is 75.8 Å². The monoisotopic (exact) mass is 500 g/mol. The molecule has 4 aromatic rings. The zero-order valence-corrected chi connectivity index (χ0v) is 20.8. The molecule has 0 radical (unpaired) electrons. The lowest BCUT2D eigenvalue weighted by molar-refractivity contribution is -0.137. The highest BCUT2D eigenvalue weighted by Crippen LogP contribution is 2.51. The fraction of sp³-hybridized carbons (Fsp3) is 0.258. The number of alkyl halides is 3. The third-order valence-electron chi connectivity index (χ3n) is 7.77. The second-order valence-electron chi connectivity index (χ2n) is 10.0. The number of fused-ring (bicyclic) bond motifs is 1. The van der Waals surface area contributed by atoms with E-state index in [-0.39, 0.29) is 11.6 Å². The van der Waals surface area contributed by atoms with Gasteiger partial charge in [-0.2, -0.15) is 13.2 Å². The maximum Gasteiger partial charge on any atom is 0.416 e. The number of aryl methyl sites for hydroxylation is 2. The summed E-state index contributed by atoms with van der Waals surface area (Å²) in [6.45, 7) is 2.04. The van der Waals surface area contributed by atoms with Gasteiger partial charge >= 0.3 is 6.18 Å². The van der Waals surface area contributed by atoms with Gasteiger partial charge < -0.3 is 4.57 Å². The van der Waals surface area contributed by atoms with Crippen molar-refractivity contribution < 1.29 is 18.0 Å². The molecule has 1 aromatic heterocycles. The number of amides is 1. The number of rotatable bonds is 3. The molecule has 188 valence electrons. The molecule has 2 heterocycles. The van der Waals surface area contributed by atoms with Crippen molar-refractivity contribution in [1.82, 2.24) is 4.57 Å². The quantitative estimate of drug-likeness (QED) is 0.279. The Morgan fingerprint density at radius 2 is 1.62 bits per heavy atom. The van der Waals surface area contributed by atoms with E-state index in [1.54, 1.807) is 11.0 Å². The number of halogens is 3. The molecule has 0 spiro atoms. The molecule has 3 aromatic carbocycles. The smallest absolute Gasteiger partial charge is 0.343 e. The average Bonchev–Trinajstić information content (AvgIpc) is 3.35. The zero-order valence-electron chi connectivity index (χ0n) is 20.8. The molecule has 0 fully saturated rings. The Morgan fingerprint density at radius 3 is 2.38 bits per heavy atom. The topological polar surface area (TPSA) is 25.2 Å². The number of carbonyl (C=O) groups is 1. The average molecular weight is 501 g/mol. The maximum absolute atomic E-state index is 13.9. The van der Waals surface area contributed by atoms with Crippen LogP contribution in [-0.4, -0.2) is 10.5 Å². The van der Waals surface area contributed by atoms with Crippen molar-refractivity contribution in [2.45, 2.75) is 44.8 Å². The molecule has 1 aliphatic carbocycles. The number of aromatic nitrogens is 1. The van der Waals surface area contributed by atoms with Gasteiger partial charge in [-0.05, 0) is 68.0 Å². The molecular formula is C31H27F3N2O. The lowest BCUT2D eigenvalue weighted by atomic mass is 9.86. The molecule has 1 amide bonds. The summed E-state index contributed by atoms with van der Waals surface area (Å²) in [7, 11) is 2.02. The van der Waals surface area contributed by atoms with E-state index in [0.29, 0.717) is 6.42 Å². The summed E-state index contributed by atoms with van der Waals surface area (Å²) in [5.41, 5.74) is 6.46. The molecule has 0 bridgehead atoms. The van der Waals surface area contributed by atoms with Crippen molar-refractivity contribution in [1.29, 1.82) is 0 Å². The van der Waals surface area contributed by atoms with Crippen LogP contribution >= 0.6 is 0 Å². The number of benzene rings is 3. The van der Waals surface area contributed by atoms with Crippen LogP contribution in [0.4, 0.5) is 18.9 Å². The Kier molecular flexibility index (Phi) is 5.51. The van der Waals surface area contributed by atoms with Crippen molar-refractivity contribution in [3.05, 3.63) is 101 Å². The Morgan fingerprint density at radius 1 is 0.892 bits per heavy atom. The van der Waals surface area contributed by atoms with Crippen LogP contribution < -0.4 is 4.90 Å². The summed E-state index contributed by atoms with van der Waals surface area (Å²) in [5, 5.41) is 1.01. The van der Waals surface area contributed by atoms with Gasteiger partial charge in [0, 0.05) is 34.8 Å². The third kappa shape index (κ3) is 3.78. The summed E-state index contributed by atoms with van der Waals surface area (Å²) < 4.78 is 43.2. The molecule has 0 saturated heterocycles. The summed E-state index contributed by atoms with van der Waals surface area (Å²) in [6.07, 6.45) is -1.20. The van der Waals surface area contributed by atoms with Gasteiger partial charge in [-0.25, -0.2) is 0 Å². The van der Waals surface area contributed by atoms with Crippen LogP contribution in [-0.2, 0) is 18.0 Å². The van der Waals surface area contributed by atoms with Gasteiger partial charge in [-0.3, -0.25) is 9.69 Å². The van der Waals surface area contributed by atoms with Crippen molar-refractivity contribution in [3.8, 4) is 11.3 Å². The molecule has 3 nitrogen and oxygen atoms in total. The van der Waals surface area contributed by atoms with Gasteiger partial charge in [0.15, 0.2) is 0 Å². The van der Waals surface area contributed by atoms with Crippen molar-refractivity contribution in [2.24, 2.45) is 7.05 Å². The molecular weight excluding hydrogens is 473 g/mol. The summed E-state index contributed by atoms with van der Waals surface area (Å²) in [4.78, 5) is 15.5. The predicted octanol–water partition coefficient (Wildman–Crippen LogP) is 8.13. The molecule has 1 atom stereocenters. The minimum Gasteiger partial charge on any atom is -0.343 e. The van der Waals surface area contributed by atoms with Crippen LogP contribution in [0.15, 0.2) is 83.9 Å². The number of nitrogens with zero attached hydrogens (tertiary/aromatic N) is 2. The minimum atomic E-state index is -4.49. The lowest BCUT2D eigenvalue weighted by Crippen LogP contribution is -2.30. The number of hydrogen-bond acceptors (Lipinski definition) is 1. The molecule has 0 saturated carbocycles. The molecule has 6 heteroatoms. The van der Waals surface area contributed by atoms with Crippen molar-refractivity contribution in [2.75, 3.05) is 4.90 Å². The second-order valence-corrected chi connectivity index (χ2v) is 10.0. The predicted molar refractivity (Wildman–Crippen MR) is 140 cm³/mol. The Balaban J connectivity index is 1.64. The van der Waals surface area contributed by atoms with Crippen LogP contribution in [0.2, 0.25) is 0 Å². The number of anilines is 1.